The Bertz CT molecular complexity index is 851. The zero-order valence-electron chi connectivity index (χ0n) is 16.2. The molecular weight excluding hydrogens is 318 g/mol. The SMILES string of the molecule is Cc1ccccc1N1C(C)c2ncn(C)c2C12C1CC3CC(C1)CC2C3. The number of hydrogen-bond donors (Lipinski definition) is 0. The van der Waals surface area contributed by atoms with E-state index in [0.29, 0.717) is 6.04 Å². The van der Waals surface area contributed by atoms with E-state index in [1.807, 2.05) is 0 Å². The summed E-state index contributed by atoms with van der Waals surface area (Å²) in [4.78, 5) is 7.74. The molecule has 4 bridgehead atoms. The molecule has 0 radical (unpaired) electrons. The Kier molecular flexibility index (Phi) is 2.90. The molecule has 2 heterocycles. The highest BCUT2D eigenvalue weighted by Crippen LogP contribution is 2.68. The topological polar surface area (TPSA) is 21.1 Å². The maximum Gasteiger partial charge on any atom is 0.0950 e. The number of aryl methyl sites for hydroxylation is 2. The maximum atomic E-state index is 4.91. The Morgan fingerprint density at radius 2 is 1.65 bits per heavy atom. The predicted molar refractivity (Wildman–Crippen MR) is 104 cm³/mol. The molecule has 4 aliphatic carbocycles. The van der Waals surface area contributed by atoms with Crippen LogP contribution in [0, 0.1) is 30.6 Å². The summed E-state index contributed by atoms with van der Waals surface area (Å²) >= 11 is 0. The van der Waals surface area contributed by atoms with Crippen molar-refractivity contribution in [2.75, 3.05) is 4.90 Å². The van der Waals surface area contributed by atoms with Gasteiger partial charge in [0.1, 0.15) is 0 Å². The Hall–Kier alpha value is -1.77. The summed E-state index contributed by atoms with van der Waals surface area (Å²) in [7, 11) is 2.23. The second-order valence-electron chi connectivity index (χ2n) is 9.55. The zero-order valence-corrected chi connectivity index (χ0v) is 16.2. The molecule has 0 N–H and O–H groups in total. The van der Waals surface area contributed by atoms with Crippen LogP contribution < -0.4 is 4.90 Å². The van der Waals surface area contributed by atoms with E-state index >= 15 is 0 Å². The lowest BCUT2D eigenvalue weighted by molar-refractivity contribution is -0.0631. The number of rotatable bonds is 1. The summed E-state index contributed by atoms with van der Waals surface area (Å²) in [6.07, 6.45) is 9.27. The molecule has 1 aliphatic heterocycles. The monoisotopic (exact) mass is 347 g/mol. The van der Waals surface area contributed by atoms with Gasteiger partial charge in [-0.3, -0.25) is 0 Å². The van der Waals surface area contributed by atoms with Gasteiger partial charge in [0, 0.05) is 12.7 Å². The Balaban J connectivity index is 1.63. The summed E-state index contributed by atoms with van der Waals surface area (Å²) in [6, 6.07) is 9.39. The largest absolute Gasteiger partial charge is 0.351 e. The first-order valence-electron chi connectivity index (χ1n) is 10.5. The predicted octanol–water partition coefficient (Wildman–Crippen LogP) is 4.96. The van der Waals surface area contributed by atoms with Crippen LogP contribution in [0.5, 0.6) is 0 Å². The quantitative estimate of drug-likeness (QED) is 0.727. The van der Waals surface area contributed by atoms with Crippen molar-refractivity contribution in [1.29, 1.82) is 0 Å². The molecule has 3 nitrogen and oxygen atoms in total. The molecule has 26 heavy (non-hydrogen) atoms. The minimum absolute atomic E-state index is 0.166. The molecule has 0 saturated heterocycles. The molecular formula is C23H29N3. The third-order valence-corrected chi connectivity index (χ3v) is 8.28. The highest BCUT2D eigenvalue weighted by atomic mass is 15.3. The Labute approximate surface area is 156 Å². The van der Waals surface area contributed by atoms with Gasteiger partial charge in [-0.05, 0) is 81.3 Å². The highest BCUT2D eigenvalue weighted by Gasteiger charge is 2.66. The number of aromatic nitrogens is 2. The lowest BCUT2D eigenvalue weighted by Gasteiger charge is -2.63. The van der Waals surface area contributed by atoms with Crippen LogP contribution in [-0.2, 0) is 12.6 Å². The van der Waals surface area contributed by atoms with E-state index < -0.39 is 0 Å². The minimum Gasteiger partial charge on any atom is -0.351 e. The molecule has 5 aliphatic rings. The fourth-order valence-electron chi connectivity index (χ4n) is 7.72. The number of benzene rings is 1. The molecule has 1 aromatic heterocycles. The van der Waals surface area contributed by atoms with Crippen molar-refractivity contribution >= 4 is 5.69 Å². The van der Waals surface area contributed by atoms with E-state index in [9.17, 15) is 0 Å². The van der Waals surface area contributed by atoms with Gasteiger partial charge in [-0.2, -0.15) is 0 Å². The van der Waals surface area contributed by atoms with E-state index in [1.54, 1.807) is 5.69 Å². The van der Waals surface area contributed by atoms with Crippen LogP contribution in [0.15, 0.2) is 30.6 Å². The number of nitrogens with zero attached hydrogens (tertiary/aromatic N) is 3. The number of para-hydroxylation sites is 1. The van der Waals surface area contributed by atoms with E-state index in [2.05, 4.69) is 61.0 Å². The minimum atomic E-state index is 0.166. The van der Waals surface area contributed by atoms with Crippen molar-refractivity contribution in [2.45, 2.75) is 57.5 Å². The van der Waals surface area contributed by atoms with Crippen molar-refractivity contribution in [3.05, 3.63) is 47.5 Å². The van der Waals surface area contributed by atoms with Crippen molar-refractivity contribution in [3.8, 4) is 0 Å². The normalized spacial score (nSPS) is 39.8. The second kappa shape index (κ2) is 4.94. The molecule has 4 saturated carbocycles. The van der Waals surface area contributed by atoms with Crippen molar-refractivity contribution < 1.29 is 0 Å². The van der Waals surface area contributed by atoms with Crippen LogP contribution >= 0.6 is 0 Å². The first-order valence-corrected chi connectivity index (χ1v) is 10.5. The average molecular weight is 348 g/mol. The van der Waals surface area contributed by atoms with Gasteiger partial charge in [-0.1, -0.05) is 18.2 Å². The first-order chi connectivity index (χ1) is 12.6. The van der Waals surface area contributed by atoms with Crippen molar-refractivity contribution in [1.82, 2.24) is 9.55 Å². The van der Waals surface area contributed by atoms with Crippen molar-refractivity contribution in [2.24, 2.45) is 30.7 Å². The van der Waals surface area contributed by atoms with Gasteiger partial charge >= 0.3 is 0 Å². The molecule has 1 spiro atoms. The molecule has 2 aromatic rings. The molecule has 1 unspecified atom stereocenters. The van der Waals surface area contributed by atoms with Crippen LogP contribution in [0.4, 0.5) is 5.69 Å². The van der Waals surface area contributed by atoms with Crippen LogP contribution in [0.1, 0.15) is 62.0 Å². The third-order valence-electron chi connectivity index (χ3n) is 8.28. The van der Waals surface area contributed by atoms with Gasteiger partial charge in [-0.25, -0.2) is 4.98 Å². The number of hydrogen-bond acceptors (Lipinski definition) is 2. The first kappa shape index (κ1) is 15.3. The standard InChI is InChI=1S/C23H29N3/c1-14-6-4-5-7-20(14)26-15(2)21-22(25(3)13-24-21)23(26)18-9-16-8-17(11-18)12-19(23)10-16/h4-7,13,15-19H,8-12H2,1-3H3. The molecule has 0 amide bonds. The van der Waals surface area contributed by atoms with Crippen LogP contribution in [-0.4, -0.2) is 9.55 Å². The van der Waals surface area contributed by atoms with E-state index in [0.717, 1.165) is 23.7 Å². The fraction of sp³-hybridized carbons (Fsp3) is 0.609. The lowest BCUT2D eigenvalue weighted by atomic mass is 9.47. The zero-order chi connectivity index (χ0) is 17.6. The molecule has 1 aromatic carbocycles. The van der Waals surface area contributed by atoms with Gasteiger partial charge < -0.3 is 9.47 Å². The maximum absolute atomic E-state index is 4.91. The number of imidazole rings is 1. The van der Waals surface area contributed by atoms with Gasteiger partial charge in [0.05, 0.1) is 29.3 Å². The molecule has 1 atom stereocenters. The fourth-order valence-corrected chi connectivity index (χ4v) is 7.72. The van der Waals surface area contributed by atoms with Gasteiger partial charge in [0.15, 0.2) is 0 Å². The van der Waals surface area contributed by atoms with Crippen LogP contribution in [0.25, 0.3) is 0 Å². The van der Waals surface area contributed by atoms with Gasteiger partial charge in [0.2, 0.25) is 0 Å². The Morgan fingerprint density at radius 1 is 1.00 bits per heavy atom. The summed E-state index contributed by atoms with van der Waals surface area (Å²) in [6.45, 7) is 4.67. The summed E-state index contributed by atoms with van der Waals surface area (Å²) in [5, 5.41) is 0. The lowest BCUT2D eigenvalue weighted by Crippen LogP contribution is -2.62. The van der Waals surface area contributed by atoms with Gasteiger partial charge in [0.25, 0.3) is 0 Å². The average Bonchev–Trinajstić information content (AvgIpc) is 3.11. The molecule has 7 rings (SSSR count). The van der Waals surface area contributed by atoms with Gasteiger partial charge in [-0.15, -0.1) is 0 Å². The molecule has 4 fully saturated rings. The van der Waals surface area contributed by atoms with E-state index in [4.69, 9.17) is 4.98 Å². The van der Waals surface area contributed by atoms with E-state index in [1.165, 1.54) is 49.0 Å². The van der Waals surface area contributed by atoms with E-state index in [-0.39, 0.29) is 5.54 Å². The second-order valence-corrected chi connectivity index (χ2v) is 9.55. The Morgan fingerprint density at radius 3 is 2.31 bits per heavy atom. The smallest absolute Gasteiger partial charge is 0.0950 e. The highest BCUT2D eigenvalue weighted by molar-refractivity contribution is 5.63. The number of fused-ring (bicyclic) bond motifs is 1. The number of anilines is 1. The van der Waals surface area contributed by atoms with Crippen molar-refractivity contribution in [3.63, 3.8) is 0 Å². The molecule has 136 valence electrons. The summed E-state index contributed by atoms with van der Waals surface area (Å²) < 4.78 is 2.37. The molecule has 3 heteroatoms. The van der Waals surface area contributed by atoms with Crippen LogP contribution in [0.2, 0.25) is 0 Å². The third kappa shape index (κ3) is 1.64. The summed E-state index contributed by atoms with van der Waals surface area (Å²) in [5.41, 5.74) is 5.88. The van der Waals surface area contributed by atoms with Crippen LogP contribution in [0.3, 0.4) is 0 Å². The summed E-state index contributed by atoms with van der Waals surface area (Å²) in [5.74, 6) is 3.54.